The Bertz CT molecular complexity index is 587. The normalized spacial score (nSPS) is 10.5. The van der Waals surface area contributed by atoms with Gasteiger partial charge in [0.2, 0.25) is 5.95 Å². The standard InChI is InChI=1S/C17H24N4/c1-5-6-7-18-17-19-14(4)11-16(21-17)20-15-9-12(2)8-13(3)10-15/h8-11H,5-7H2,1-4H3,(H2,18,19,20,21). The quantitative estimate of drug-likeness (QED) is 0.774. The summed E-state index contributed by atoms with van der Waals surface area (Å²) in [5.41, 5.74) is 4.50. The van der Waals surface area contributed by atoms with Gasteiger partial charge in [-0.05, 0) is 50.5 Å². The lowest BCUT2D eigenvalue weighted by Gasteiger charge is -2.11. The predicted octanol–water partition coefficient (Wildman–Crippen LogP) is 4.36. The van der Waals surface area contributed by atoms with Crippen LogP contribution in [0, 0.1) is 20.8 Å². The van der Waals surface area contributed by atoms with Crippen molar-refractivity contribution in [3.8, 4) is 0 Å². The molecule has 0 saturated heterocycles. The molecule has 2 N–H and O–H groups in total. The van der Waals surface area contributed by atoms with E-state index in [9.17, 15) is 0 Å². The summed E-state index contributed by atoms with van der Waals surface area (Å²) >= 11 is 0. The second-order valence-electron chi connectivity index (χ2n) is 5.50. The highest BCUT2D eigenvalue weighted by molar-refractivity contribution is 5.59. The van der Waals surface area contributed by atoms with Crippen LogP contribution in [0.2, 0.25) is 0 Å². The first-order valence-electron chi connectivity index (χ1n) is 7.51. The van der Waals surface area contributed by atoms with E-state index in [1.807, 2.05) is 13.0 Å². The largest absolute Gasteiger partial charge is 0.354 e. The van der Waals surface area contributed by atoms with Crippen molar-refractivity contribution in [2.75, 3.05) is 17.2 Å². The number of hydrogen-bond donors (Lipinski definition) is 2. The Morgan fingerprint density at radius 3 is 2.33 bits per heavy atom. The maximum Gasteiger partial charge on any atom is 0.224 e. The maximum atomic E-state index is 4.53. The highest BCUT2D eigenvalue weighted by Crippen LogP contribution is 2.19. The number of rotatable bonds is 6. The summed E-state index contributed by atoms with van der Waals surface area (Å²) in [6.07, 6.45) is 2.28. The van der Waals surface area contributed by atoms with Crippen molar-refractivity contribution >= 4 is 17.5 Å². The summed E-state index contributed by atoms with van der Waals surface area (Å²) in [7, 11) is 0. The van der Waals surface area contributed by atoms with Crippen molar-refractivity contribution in [2.24, 2.45) is 0 Å². The molecule has 0 atom stereocenters. The molecule has 0 aliphatic heterocycles. The van der Waals surface area contributed by atoms with Gasteiger partial charge in [0.15, 0.2) is 0 Å². The minimum atomic E-state index is 0.690. The average molecular weight is 284 g/mol. The first-order valence-corrected chi connectivity index (χ1v) is 7.51. The molecule has 0 spiro atoms. The first-order chi connectivity index (χ1) is 10.1. The van der Waals surface area contributed by atoms with Crippen LogP contribution in [0.25, 0.3) is 0 Å². The van der Waals surface area contributed by atoms with Crippen molar-refractivity contribution in [3.63, 3.8) is 0 Å². The van der Waals surface area contributed by atoms with E-state index in [4.69, 9.17) is 0 Å². The Labute approximate surface area is 127 Å². The Morgan fingerprint density at radius 1 is 0.952 bits per heavy atom. The van der Waals surface area contributed by atoms with Crippen LogP contribution in [-0.2, 0) is 0 Å². The van der Waals surface area contributed by atoms with Crippen LogP contribution in [-0.4, -0.2) is 16.5 Å². The first kappa shape index (κ1) is 15.3. The molecule has 2 aromatic rings. The van der Waals surface area contributed by atoms with Gasteiger partial charge in [-0.3, -0.25) is 0 Å². The van der Waals surface area contributed by atoms with Gasteiger partial charge in [-0.25, -0.2) is 4.98 Å². The summed E-state index contributed by atoms with van der Waals surface area (Å²) in [6, 6.07) is 8.36. The van der Waals surface area contributed by atoms with Gasteiger partial charge in [0.05, 0.1) is 0 Å². The molecule has 0 aliphatic rings. The van der Waals surface area contributed by atoms with E-state index in [-0.39, 0.29) is 0 Å². The monoisotopic (exact) mass is 284 g/mol. The average Bonchev–Trinajstić information content (AvgIpc) is 2.37. The van der Waals surface area contributed by atoms with Crippen LogP contribution in [0.5, 0.6) is 0 Å². The van der Waals surface area contributed by atoms with E-state index in [1.165, 1.54) is 11.1 Å². The van der Waals surface area contributed by atoms with Crippen LogP contribution in [0.3, 0.4) is 0 Å². The molecule has 4 nitrogen and oxygen atoms in total. The van der Waals surface area contributed by atoms with Gasteiger partial charge in [0.25, 0.3) is 0 Å². The molecular formula is C17H24N4. The summed E-state index contributed by atoms with van der Waals surface area (Å²) in [5, 5.41) is 6.64. The van der Waals surface area contributed by atoms with Gasteiger partial charge < -0.3 is 10.6 Å². The zero-order valence-electron chi connectivity index (χ0n) is 13.3. The Balaban J connectivity index is 2.15. The number of unbranched alkanes of at least 4 members (excludes halogenated alkanes) is 1. The zero-order valence-corrected chi connectivity index (χ0v) is 13.3. The molecule has 0 aliphatic carbocycles. The molecule has 0 saturated carbocycles. The van der Waals surface area contributed by atoms with Gasteiger partial charge in [-0.2, -0.15) is 4.98 Å². The maximum absolute atomic E-state index is 4.53. The second-order valence-corrected chi connectivity index (χ2v) is 5.50. The highest BCUT2D eigenvalue weighted by Gasteiger charge is 2.03. The molecule has 112 valence electrons. The highest BCUT2D eigenvalue weighted by atomic mass is 15.1. The van der Waals surface area contributed by atoms with Crippen molar-refractivity contribution in [1.82, 2.24) is 9.97 Å². The number of benzene rings is 1. The molecule has 0 fully saturated rings. The Morgan fingerprint density at radius 2 is 1.67 bits per heavy atom. The minimum Gasteiger partial charge on any atom is -0.354 e. The lowest BCUT2D eigenvalue weighted by molar-refractivity contribution is 0.825. The van der Waals surface area contributed by atoms with E-state index in [1.54, 1.807) is 0 Å². The number of aromatic nitrogens is 2. The van der Waals surface area contributed by atoms with Gasteiger partial charge >= 0.3 is 0 Å². The number of aryl methyl sites for hydroxylation is 3. The zero-order chi connectivity index (χ0) is 15.2. The Hall–Kier alpha value is -2.10. The van der Waals surface area contributed by atoms with E-state index < -0.39 is 0 Å². The summed E-state index contributed by atoms with van der Waals surface area (Å²) in [5.74, 6) is 1.52. The molecule has 1 aromatic heterocycles. The fourth-order valence-electron chi connectivity index (χ4n) is 2.28. The molecule has 0 bridgehead atoms. The summed E-state index contributed by atoms with van der Waals surface area (Å²) < 4.78 is 0. The molecule has 0 radical (unpaired) electrons. The molecule has 21 heavy (non-hydrogen) atoms. The molecule has 2 rings (SSSR count). The van der Waals surface area contributed by atoms with Crippen LogP contribution in [0.4, 0.5) is 17.5 Å². The van der Waals surface area contributed by atoms with Crippen LogP contribution in [0.15, 0.2) is 24.3 Å². The predicted molar refractivity (Wildman–Crippen MR) is 89.4 cm³/mol. The van der Waals surface area contributed by atoms with Gasteiger partial charge in [-0.1, -0.05) is 19.4 Å². The van der Waals surface area contributed by atoms with Crippen LogP contribution < -0.4 is 10.6 Å². The third-order valence-electron chi connectivity index (χ3n) is 3.16. The molecule has 1 heterocycles. The van der Waals surface area contributed by atoms with E-state index in [0.717, 1.165) is 36.6 Å². The van der Waals surface area contributed by atoms with Gasteiger partial charge in [-0.15, -0.1) is 0 Å². The topological polar surface area (TPSA) is 49.8 Å². The molecule has 0 unspecified atom stereocenters. The van der Waals surface area contributed by atoms with E-state index in [2.05, 4.69) is 59.6 Å². The third-order valence-corrected chi connectivity index (χ3v) is 3.16. The molecule has 1 aromatic carbocycles. The van der Waals surface area contributed by atoms with Crippen molar-refractivity contribution in [1.29, 1.82) is 0 Å². The number of anilines is 3. The van der Waals surface area contributed by atoms with Crippen molar-refractivity contribution in [2.45, 2.75) is 40.5 Å². The van der Waals surface area contributed by atoms with Gasteiger partial charge in [0, 0.05) is 24.0 Å². The third kappa shape index (κ3) is 4.74. The SMILES string of the molecule is CCCCNc1nc(C)cc(Nc2cc(C)cc(C)c2)n1. The van der Waals surface area contributed by atoms with Gasteiger partial charge in [0.1, 0.15) is 5.82 Å². The molecule has 0 amide bonds. The van der Waals surface area contributed by atoms with Crippen molar-refractivity contribution < 1.29 is 0 Å². The number of nitrogens with zero attached hydrogens (tertiary/aromatic N) is 2. The summed E-state index contributed by atoms with van der Waals surface area (Å²) in [6.45, 7) is 9.26. The number of nitrogens with one attached hydrogen (secondary N) is 2. The van der Waals surface area contributed by atoms with Crippen LogP contribution >= 0.6 is 0 Å². The fraction of sp³-hybridized carbons (Fsp3) is 0.412. The minimum absolute atomic E-state index is 0.690. The second kappa shape index (κ2) is 7.07. The summed E-state index contributed by atoms with van der Waals surface area (Å²) in [4.78, 5) is 8.95. The smallest absolute Gasteiger partial charge is 0.224 e. The van der Waals surface area contributed by atoms with Crippen molar-refractivity contribution in [3.05, 3.63) is 41.1 Å². The number of hydrogen-bond acceptors (Lipinski definition) is 4. The van der Waals surface area contributed by atoms with E-state index >= 15 is 0 Å². The Kier molecular flexibility index (Phi) is 5.14. The van der Waals surface area contributed by atoms with E-state index in [0.29, 0.717) is 5.95 Å². The fourth-order valence-corrected chi connectivity index (χ4v) is 2.28. The molecular weight excluding hydrogens is 260 g/mol. The molecule has 4 heteroatoms. The van der Waals surface area contributed by atoms with Crippen LogP contribution in [0.1, 0.15) is 36.6 Å². The lowest BCUT2D eigenvalue weighted by Crippen LogP contribution is -2.07. The lowest BCUT2D eigenvalue weighted by atomic mass is 10.1.